The van der Waals surface area contributed by atoms with Gasteiger partial charge in [0.15, 0.2) is 0 Å². The van der Waals surface area contributed by atoms with Crippen molar-refractivity contribution >= 4 is 21.9 Å². The Morgan fingerprint density at radius 1 is 1.33 bits per heavy atom. The lowest BCUT2D eigenvalue weighted by atomic mass is 10.1. The molecule has 0 saturated carbocycles. The van der Waals surface area contributed by atoms with Crippen LogP contribution < -0.4 is 4.74 Å². The van der Waals surface area contributed by atoms with Gasteiger partial charge in [-0.1, -0.05) is 0 Å². The number of hydrogen-bond donors (Lipinski definition) is 1. The Bertz CT molecular complexity index is 684. The third kappa shape index (κ3) is 3.10. The van der Waals surface area contributed by atoms with E-state index in [-0.39, 0.29) is 5.56 Å². The number of aryl methyl sites for hydroxylation is 4. The Hall–Kier alpha value is -1.82. The molecule has 1 N–H and O–H groups in total. The molecular weight excluding hydrogens is 336 g/mol. The molecule has 2 rings (SSSR count). The molecule has 0 amide bonds. The zero-order valence-corrected chi connectivity index (χ0v) is 14.0. The van der Waals surface area contributed by atoms with Crippen molar-refractivity contribution in [2.75, 3.05) is 0 Å². The number of benzene rings is 1. The number of rotatable bonds is 4. The normalized spacial score (nSPS) is 10.7. The molecule has 0 fully saturated rings. The number of carboxylic acids is 1. The van der Waals surface area contributed by atoms with Gasteiger partial charge in [-0.05, 0) is 60.0 Å². The van der Waals surface area contributed by atoms with Crippen LogP contribution in [0, 0.1) is 20.8 Å². The molecule has 1 aromatic heterocycles. The fraction of sp³-hybridized carbons (Fsp3) is 0.333. The van der Waals surface area contributed by atoms with Gasteiger partial charge in [-0.25, -0.2) is 4.79 Å². The SMILES string of the molecule is Cc1cc(C(=O)O)cc(C)c1OCc1c(Br)c(C)nn1C. The highest BCUT2D eigenvalue weighted by atomic mass is 79.9. The molecule has 0 unspecified atom stereocenters. The number of ether oxygens (including phenoxy) is 1. The second-order valence-electron chi connectivity index (χ2n) is 5.00. The van der Waals surface area contributed by atoms with Gasteiger partial charge in [0.05, 0.1) is 21.4 Å². The van der Waals surface area contributed by atoms with E-state index in [1.165, 1.54) is 0 Å². The van der Waals surface area contributed by atoms with E-state index in [4.69, 9.17) is 9.84 Å². The van der Waals surface area contributed by atoms with Gasteiger partial charge in [0.2, 0.25) is 0 Å². The van der Waals surface area contributed by atoms with Crippen molar-refractivity contribution in [2.45, 2.75) is 27.4 Å². The second kappa shape index (κ2) is 5.89. The van der Waals surface area contributed by atoms with Gasteiger partial charge in [0.25, 0.3) is 0 Å². The molecule has 112 valence electrons. The van der Waals surface area contributed by atoms with Crippen molar-refractivity contribution in [1.29, 1.82) is 0 Å². The van der Waals surface area contributed by atoms with Crippen LogP contribution in [0.3, 0.4) is 0 Å². The second-order valence-corrected chi connectivity index (χ2v) is 5.80. The third-order valence-electron chi connectivity index (χ3n) is 3.32. The summed E-state index contributed by atoms with van der Waals surface area (Å²) in [6.07, 6.45) is 0. The summed E-state index contributed by atoms with van der Waals surface area (Å²) in [6.45, 7) is 5.98. The highest BCUT2D eigenvalue weighted by Gasteiger charge is 2.14. The molecule has 0 spiro atoms. The minimum Gasteiger partial charge on any atom is -0.487 e. The van der Waals surface area contributed by atoms with Gasteiger partial charge < -0.3 is 9.84 Å². The van der Waals surface area contributed by atoms with E-state index < -0.39 is 5.97 Å². The number of carbonyl (C=O) groups is 1. The minimum atomic E-state index is -0.933. The van der Waals surface area contributed by atoms with Gasteiger partial charge in [-0.3, -0.25) is 4.68 Å². The van der Waals surface area contributed by atoms with E-state index in [2.05, 4.69) is 21.0 Å². The molecule has 1 heterocycles. The standard InChI is InChI=1S/C15H17BrN2O3/c1-8-5-11(15(19)20)6-9(2)14(8)21-7-12-13(16)10(3)17-18(12)4/h5-6H,7H2,1-4H3,(H,19,20). The Kier molecular flexibility index (Phi) is 4.37. The smallest absolute Gasteiger partial charge is 0.335 e. The van der Waals surface area contributed by atoms with Crippen molar-refractivity contribution in [1.82, 2.24) is 9.78 Å². The number of hydrogen-bond acceptors (Lipinski definition) is 3. The van der Waals surface area contributed by atoms with Crippen molar-refractivity contribution in [3.05, 3.63) is 44.7 Å². The van der Waals surface area contributed by atoms with E-state index in [1.54, 1.807) is 16.8 Å². The van der Waals surface area contributed by atoms with Crippen LogP contribution in [0.1, 0.15) is 32.9 Å². The summed E-state index contributed by atoms with van der Waals surface area (Å²) in [5, 5.41) is 13.4. The van der Waals surface area contributed by atoms with E-state index in [0.717, 1.165) is 27.0 Å². The molecule has 0 saturated heterocycles. The quantitative estimate of drug-likeness (QED) is 0.915. The number of aromatic nitrogens is 2. The van der Waals surface area contributed by atoms with Gasteiger partial charge in [-0.15, -0.1) is 0 Å². The van der Waals surface area contributed by atoms with E-state index in [0.29, 0.717) is 12.4 Å². The van der Waals surface area contributed by atoms with E-state index >= 15 is 0 Å². The number of halogens is 1. The average molecular weight is 353 g/mol. The summed E-state index contributed by atoms with van der Waals surface area (Å²) in [5.74, 6) is -0.219. The number of nitrogens with zero attached hydrogens (tertiary/aromatic N) is 2. The number of carboxylic acid groups (broad SMARTS) is 1. The predicted octanol–water partition coefficient (Wildman–Crippen LogP) is 3.39. The van der Waals surface area contributed by atoms with Crippen LogP contribution in [0.15, 0.2) is 16.6 Å². The van der Waals surface area contributed by atoms with Crippen LogP contribution in [-0.4, -0.2) is 20.9 Å². The molecule has 0 aliphatic rings. The summed E-state index contributed by atoms with van der Waals surface area (Å²) in [4.78, 5) is 11.0. The maximum Gasteiger partial charge on any atom is 0.335 e. The van der Waals surface area contributed by atoms with E-state index in [9.17, 15) is 4.79 Å². The molecule has 21 heavy (non-hydrogen) atoms. The summed E-state index contributed by atoms with van der Waals surface area (Å²) in [5.41, 5.74) is 3.74. The first-order valence-corrected chi connectivity index (χ1v) is 7.26. The molecule has 0 atom stereocenters. The topological polar surface area (TPSA) is 64.3 Å². The van der Waals surface area contributed by atoms with Crippen molar-refractivity contribution in [3.8, 4) is 5.75 Å². The average Bonchev–Trinajstić information content (AvgIpc) is 2.63. The lowest BCUT2D eigenvalue weighted by Crippen LogP contribution is -2.06. The monoisotopic (exact) mass is 352 g/mol. The molecule has 0 aliphatic heterocycles. The van der Waals surface area contributed by atoms with Gasteiger partial charge in [0, 0.05) is 7.05 Å². The largest absolute Gasteiger partial charge is 0.487 e. The van der Waals surface area contributed by atoms with Crippen molar-refractivity contribution < 1.29 is 14.6 Å². The first-order valence-electron chi connectivity index (χ1n) is 6.46. The van der Waals surface area contributed by atoms with Gasteiger partial charge in [-0.2, -0.15) is 5.10 Å². The summed E-state index contributed by atoms with van der Waals surface area (Å²) >= 11 is 3.50. The van der Waals surface area contributed by atoms with Gasteiger partial charge >= 0.3 is 5.97 Å². The van der Waals surface area contributed by atoms with Crippen LogP contribution in [0.25, 0.3) is 0 Å². The molecule has 2 aromatic rings. The Morgan fingerprint density at radius 3 is 2.33 bits per heavy atom. The van der Waals surface area contributed by atoms with Crippen LogP contribution in [-0.2, 0) is 13.7 Å². The highest BCUT2D eigenvalue weighted by Crippen LogP contribution is 2.27. The molecular formula is C15H17BrN2O3. The Balaban J connectivity index is 2.26. The molecule has 0 radical (unpaired) electrons. The molecule has 0 bridgehead atoms. The Morgan fingerprint density at radius 2 is 1.90 bits per heavy atom. The zero-order chi connectivity index (χ0) is 15.7. The first kappa shape index (κ1) is 15.6. The predicted molar refractivity (Wildman–Crippen MR) is 82.9 cm³/mol. The van der Waals surface area contributed by atoms with Crippen LogP contribution in [0.5, 0.6) is 5.75 Å². The van der Waals surface area contributed by atoms with Crippen LogP contribution in [0.2, 0.25) is 0 Å². The summed E-state index contributed by atoms with van der Waals surface area (Å²) in [7, 11) is 1.86. The van der Waals surface area contributed by atoms with Crippen LogP contribution in [0.4, 0.5) is 0 Å². The Labute approximate surface area is 131 Å². The fourth-order valence-electron chi connectivity index (χ4n) is 2.28. The molecule has 0 aliphatic carbocycles. The molecule has 6 heteroatoms. The first-order chi connectivity index (χ1) is 9.81. The molecule has 5 nitrogen and oxygen atoms in total. The maximum atomic E-state index is 11.0. The lowest BCUT2D eigenvalue weighted by molar-refractivity contribution is 0.0696. The lowest BCUT2D eigenvalue weighted by Gasteiger charge is -2.13. The third-order valence-corrected chi connectivity index (χ3v) is 4.35. The maximum absolute atomic E-state index is 11.0. The summed E-state index contributed by atoms with van der Waals surface area (Å²) in [6, 6.07) is 3.24. The zero-order valence-electron chi connectivity index (χ0n) is 12.4. The van der Waals surface area contributed by atoms with E-state index in [1.807, 2.05) is 27.8 Å². The summed E-state index contributed by atoms with van der Waals surface area (Å²) < 4.78 is 8.59. The minimum absolute atomic E-state index is 0.273. The van der Waals surface area contributed by atoms with Gasteiger partial charge in [0.1, 0.15) is 12.4 Å². The highest BCUT2D eigenvalue weighted by molar-refractivity contribution is 9.10. The molecule has 1 aromatic carbocycles. The fourth-order valence-corrected chi connectivity index (χ4v) is 2.73. The van der Waals surface area contributed by atoms with Crippen molar-refractivity contribution in [2.24, 2.45) is 7.05 Å². The number of aromatic carboxylic acids is 1. The van der Waals surface area contributed by atoms with Crippen molar-refractivity contribution in [3.63, 3.8) is 0 Å². The van der Waals surface area contributed by atoms with Crippen LogP contribution >= 0.6 is 15.9 Å².